The lowest BCUT2D eigenvalue weighted by molar-refractivity contribution is -0.139. The van der Waals surface area contributed by atoms with Crippen LogP contribution in [0.4, 0.5) is 4.39 Å². The molecule has 0 aliphatic carbocycles. The third-order valence-corrected chi connectivity index (χ3v) is 3.07. The van der Waals surface area contributed by atoms with Gasteiger partial charge in [-0.15, -0.1) is 0 Å². The van der Waals surface area contributed by atoms with Crippen LogP contribution in [0.1, 0.15) is 10.5 Å². The molecule has 1 aromatic heterocycles. The molecule has 2 heterocycles. The van der Waals surface area contributed by atoms with E-state index in [0.29, 0.717) is 11.2 Å². The van der Waals surface area contributed by atoms with Gasteiger partial charge in [0.25, 0.3) is 0 Å². The molecule has 1 aliphatic heterocycles. The summed E-state index contributed by atoms with van der Waals surface area (Å²) in [6.07, 6.45) is 0.171. The van der Waals surface area contributed by atoms with Crippen LogP contribution in [0.25, 0.3) is 10.9 Å². The maximum atomic E-state index is 13.1. The van der Waals surface area contributed by atoms with Gasteiger partial charge in [0, 0.05) is 17.5 Å². The first kappa shape index (κ1) is 10.0. The first-order chi connectivity index (χ1) is 8.08. The van der Waals surface area contributed by atoms with Gasteiger partial charge < -0.3 is 5.11 Å². The van der Waals surface area contributed by atoms with E-state index >= 15 is 0 Å². The Morgan fingerprint density at radius 1 is 1.41 bits per heavy atom. The highest BCUT2D eigenvalue weighted by Gasteiger charge is 2.37. The van der Waals surface area contributed by atoms with Crippen molar-refractivity contribution in [3.8, 4) is 0 Å². The van der Waals surface area contributed by atoms with Gasteiger partial charge in [-0.1, -0.05) is 0 Å². The number of carbonyl (C=O) groups is 2. The maximum absolute atomic E-state index is 13.1. The summed E-state index contributed by atoms with van der Waals surface area (Å²) in [5.41, 5.74) is 1.07. The molecule has 1 atom stereocenters. The van der Waals surface area contributed by atoms with Gasteiger partial charge in [-0.25, -0.2) is 4.39 Å². The van der Waals surface area contributed by atoms with E-state index < -0.39 is 23.6 Å². The van der Waals surface area contributed by atoms with E-state index in [2.05, 4.69) is 0 Å². The number of rotatable bonds is 1. The summed E-state index contributed by atoms with van der Waals surface area (Å²) in [7, 11) is 0. The van der Waals surface area contributed by atoms with Gasteiger partial charge in [0.2, 0.25) is 5.91 Å². The van der Waals surface area contributed by atoms with Crippen molar-refractivity contribution in [3.05, 3.63) is 35.8 Å². The Balaban J connectivity index is 2.23. The van der Waals surface area contributed by atoms with E-state index in [1.54, 1.807) is 12.1 Å². The van der Waals surface area contributed by atoms with Crippen LogP contribution in [0.2, 0.25) is 0 Å². The molecule has 0 amide bonds. The smallest absolute Gasteiger partial charge is 0.316 e. The van der Waals surface area contributed by atoms with Crippen molar-refractivity contribution < 1.29 is 19.1 Å². The van der Waals surface area contributed by atoms with Crippen molar-refractivity contribution in [1.82, 2.24) is 4.57 Å². The molecule has 0 saturated heterocycles. The van der Waals surface area contributed by atoms with Crippen LogP contribution in [-0.2, 0) is 11.2 Å². The molecule has 1 aliphatic rings. The molecule has 0 spiro atoms. The molecule has 1 unspecified atom stereocenters. The van der Waals surface area contributed by atoms with Gasteiger partial charge in [0.1, 0.15) is 11.7 Å². The molecule has 86 valence electrons. The number of benzene rings is 1. The fraction of sp³-hybridized carbons (Fsp3) is 0.167. The lowest BCUT2D eigenvalue weighted by Gasteiger charge is -2.02. The Kier molecular flexibility index (Phi) is 1.86. The zero-order chi connectivity index (χ0) is 12.2. The van der Waals surface area contributed by atoms with Crippen molar-refractivity contribution in [2.24, 2.45) is 5.92 Å². The van der Waals surface area contributed by atoms with E-state index in [-0.39, 0.29) is 6.42 Å². The second-order valence-electron chi connectivity index (χ2n) is 4.11. The Bertz CT molecular complexity index is 659. The molecule has 0 bridgehead atoms. The molecule has 0 saturated carbocycles. The number of nitrogens with zero attached hydrogens (tertiary/aromatic N) is 1. The SMILES string of the molecule is O=C(O)C1Cc2cc3ccc(F)cc3n2C1=O. The Labute approximate surface area is 95.3 Å². The van der Waals surface area contributed by atoms with Crippen LogP contribution in [0.15, 0.2) is 24.3 Å². The van der Waals surface area contributed by atoms with Crippen LogP contribution in [0.3, 0.4) is 0 Å². The third kappa shape index (κ3) is 1.28. The van der Waals surface area contributed by atoms with Gasteiger partial charge in [-0.3, -0.25) is 14.2 Å². The predicted molar refractivity (Wildman–Crippen MR) is 57.4 cm³/mol. The minimum absolute atomic E-state index is 0.171. The van der Waals surface area contributed by atoms with Crippen LogP contribution >= 0.6 is 0 Å². The van der Waals surface area contributed by atoms with Crippen LogP contribution in [0, 0.1) is 11.7 Å². The lowest BCUT2D eigenvalue weighted by Crippen LogP contribution is -2.22. The summed E-state index contributed by atoms with van der Waals surface area (Å²) in [5.74, 6) is -3.11. The van der Waals surface area contributed by atoms with E-state index in [1.807, 2.05) is 0 Å². The van der Waals surface area contributed by atoms with Crippen molar-refractivity contribution in [1.29, 1.82) is 0 Å². The average Bonchev–Trinajstić information content (AvgIpc) is 2.76. The summed E-state index contributed by atoms with van der Waals surface area (Å²) in [5, 5.41) is 9.64. The van der Waals surface area contributed by atoms with Crippen LogP contribution < -0.4 is 0 Å². The molecule has 0 radical (unpaired) electrons. The van der Waals surface area contributed by atoms with Crippen molar-refractivity contribution in [2.45, 2.75) is 6.42 Å². The highest BCUT2D eigenvalue weighted by molar-refractivity contribution is 6.05. The second kappa shape index (κ2) is 3.16. The van der Waals surface area contributed by atoms with Crippen LogP contribution in [-0.4, -0.2) is 21.6 Å². The Hall–Kier alpha value is -2.17. The highest BCUT2D eigenvalue weighted by Crippen LogP contribution is 2.29. The first-order valence-electron chi connectivity index (χ1n) is 5.15. The monoisotopic (exact) mass is 233 g/mol. The summed E-state index contributed by atoms with van der Waals surface area (Å²) < 4.78 is 14.4. The van der Waals surface area contributed by atoms with Gasteiger partial charge in [0.05, 0.1) is 5.52 Å². The number of carboxylic acid groups (broad SMARTS) is 1. The predicted octanol–water partition coefficient (Wildman–Crippen LogP) is 1.68. The number of hydrogen-bond acceptors (Lipinski definition) is 2. The molecule has 5 heteroatoms. The fourth-order valence-electron chi connectivity index (χ4n) is 2.29. The molecule has 4 nitrogen and oxygen atoms in total. The quantitative estimate of drug-likeness (QED) is 0.762. The topological polar surface area (TPSA) is 59.3 Å². The molecule has 2 aromatic rings. The van der Waals surface area contributed by atoms with Gasteiger partial charge in [-0.05, 0) is 24.3 Å². The third-order valence-electron chi connectivity index (χ3n) is 3.07. The zero-order valence-electron chi connectivity index (χ0n) is 8.68. The first-order valence-corrected chi connectivity index (χ1v) is 5.15. The summed E-state index contributed by atoms with van der Waals surface area (Å²) in [4.78, 5) is 22.8. The number of aliphatic carboxylic acids is 1. The Morgan fingerprint density at radius 3 is 2.88 bits per heavy atom. The van der Waals surface area contributed by atoms with Crippen molar-refractivity contribution in [2.75, 3.05) is 0 Å². The molecular formula is C12H8FNO3. The maximum Gasteiger partial charge on any atom is 0.316 e. The average molecular weight is 233 g/mol. The molecule has 1 aromatic carbocycles. The van der Waals surface area contributed by atoms with E-state index in [4.69, 9.17) is 5.11 Å². The number of carbonyl (C=O) groups excluding carboxylic acids is 1. The zero-order valence-corrected chi connectivity index (χ0v) is 8.68. The van der Waals surface area contributed by atoms with Crippen molar-refractivity contribution >= 4 is 22.8 Å². The molecule has 1 N–H and O–H groups in total. The van der Waals surface area contributed by atoms with Gasteiger partial charge >= 0.3 is 5.97 Å². The number of halogens is 1. The summed E-state index contributed by atoms with van der Waals surface area (Å²) >= 11 is 0. The Morgan fingerprint density at radius 2 is 2.18 bits per heavy atom. The second-order valence-corrected chi connectivity index (χ2v) is 4.11. The van der Waals surface area contributed by atoms with E-state index in [1.165, 1.54) is 16.7 Å². The van der Waals surface area contributed by atoms with E-state index in [0.717, 1.165) is 5.39 Å². The minimum Gasteiger partial charge on any atom is -0.481 e. The largest absolute Gasteiger partial charge is 0.481 e. The number of aromatic nitrogens is 1. The van der Waals surface area contributed by atoms with E-state index in [9.17, 15) is 14.0 Å². The standard InChI is InChI=1S/C12H8FNO3/c13-7-2-1-6-3-8-5-9(12(16)17)11(15)14(8)10(6)4-7/h1-4,9H,5H2,(H,16,17). The highest BCUT2D eigenvalue weighted by atomic mass is 19.1. The minimum atomic E-state index is -1.14. The lowest BCUT2D eigenvalue weighted by atomic mass is 10.1. The fourth-order valence-corrected chi connectivity index (χ4v) is 2.29. The summed E-state index contributed by atoms with van der Waals surface area (Å²) in [6.45, 7) is 0. The van der Waals surface area contributed by atoms with Gasteiger partial charge in [-0.2, -0.15) is 0 Å². The molecule has 0 fully saturated rings. The molecule has 3 rings (SSSR count). The molecular weight excluding hydrogens is 225 g/mol. The van der Waals surface area contributed by atoms with Crippen LogP contribution in [0.5, 0.6) is 0 Å². The van der Waals surface area contributed by atoms with Crippen molar-refractivity contribution in [3.63, 3.8) is 0 Å². The number of fused-ring (bicyclic) bond motifs is 3. The normalized spacial score (nSPS) is 18.6. The number of hydrogen-bond donors (Lipinski definition) is 1. The summed E-state index contributed by atoms with van der Waals surface area (Å²) in [6, 6.07) is 5.88. The molecule has 17 heavy (non-hydrogen) atoms. The van der Waals surface area contributed by atoms with Gasteiger partial charge in [0.15, 0.2) is 0 Å². The number of carboxylic acids is 1.